The Bertz CT molecular complexity index is 405. The molecule has 1 fully saturated rings. The zero-order valence-electron chi connectivity index (χ0n) is 13.1. The van der Waals surface area contributed by atoms with E-state index >= 15 is 0 Å². The second-order valence-electron chi connectivity index (χ2n) is 5.38. The number of ether oxygens (including phenoxy) is 3. The largest absolute Gasteiger partial charge is 0.382 e. The van der Waals surface area contributed by atoms with Crippen molar-refractivity contribution in [2.75, 3.05) is 40.1 Å². The highest BCUT2D eigenvalue weighted by Gasteiger charge is 2.20. The average Bonchev–Trinajstić information content (AvgIpc) is 3.23. The van der Waals surface area contributed by atoms with Crippen LogP contribution in [0.1, 0.15) is 24.1 Å². The Labute approximate surface area is 126 Å². The molecular weight excluding hydrogens is 270 g/mol. The van der Waals surface area contributed by atoms with Crippen molar-refractivity contribution in [3.63, 3.8) is 0 Å². The van der Waals surface area contributed by atoms with Crippen molar-refractivity contribution in [1.29, 1.82) is 0 Å². The Morgan fingerprint density at radius 1 is 1.19 bits per heavy atom. The summed E-state index contributed by atoms with van der Waals surface area (Å²) in [7, 11) is 1.67. The van der Waals surface area contributed by atoms with Gasteiger partial charge in [-0.05, 0) is 19.8 Å². The molecule has 120 valence electrons. The molecule has 0 aliphatic heterocycles. The maximum Gasteiger partial charge on any atom is 0.0701 e. The van der Waals surface area contributed by atoms with Crippen LogP contribution in [0.5, 0.6) is 0 Å². The van der Waals surface area contributed by atoms with Crippen LogP contribution < -0.4 is 5.32 Å². The van der Waals surface area contributed by atoms with Gasteiger partial charge < -0.3 is 19.5 Å². The van der Waals surface area contributed by atoms with Crippen LogP contribution in [-0.4, -0.2) is 56.0 Å². The summed E-state index contributed by atoms with van der Waals surface area (Å²) in [5.74, 6) is 0. The molecule has 0 atom stereocenters. The summed E-state index contributed by atoms with van der Waals surface area (Å²) < 4.78 is 17.7. The number of hydrogen-bond acceptors (Lipinski definition) is 5. The fourth-order valence-corrected chi connectivity index (χ4v) is 2.01. The molecule has 0 radical (unpaired) electrons. The van der Waals surface area contributed by atoms with Crippen molar-refractivity contribution in [2.24, 2.45) is 0 Å². The van der Waals surface area contributed by atoms with Gasteiger partial charge in [-0.15, -0.1) is 0 Å². The van der Waals surface area contributed by atoms with Crippen LogP contribution in [0.25, 0.3) is 0 Å². The van der Waals surface area contributed by atoms with Crippen molar-refractivity contribution < 1.29 is 14.2 Å². The molecule has 1 aromatic rings. The lowest BCUT2D eigenvalue weighted by molar-refractivity contribution is 0.0225. The fourth-order valence-electron chi connectivity index (χ4n) is 2.01. The highest BCUT2D eigenvalue weighted by atomic mass is 16.5. The van der Waals surface area contributed by atoms with Crippen LogP contribution in [-0.2, 0) is 27.3 Å². The summed E-state index contributed by atoms with van der Waals surface area (Å²) in [5.41, 5.74) is 2.39. The van der Waals surface area contributed by atoms with Crippen LogP contribution in [0.2, 0.25) is 0 Å². The third kappa shape index (κ3) is 6.56. The normalized spacial score (nSPS) is 14.8. The molecule has 1 heterocycles. The van der Waals surface area contributed by atoms with Crippen LogP contribution in [0.15, 0.2) is 6.20 Å². The van der Waals surface area contributed by atoms with Gasteiger partial charge in [0.15, 0.2) is 0 Å². The third-order valence-corrected chi connectivity index (χ3v) is 3.48. The van der Waals surface area contributed by atoms with E-state index in [-0.39, 0.29) is 0 Å². The molecule has 1 N–H and O–H groups in total. The van der Waals surface area contributed by atoms with Crippen LogP contribution in [0.4, 0.5) is 0 Å². The summed E-state index contributed by atoms with van der Waals surface area (Å²) >= 11 is 0. The minimum Gasteiger partial charge on any atom is -0.382 e. The zero-order valence-corrected chi connectivity index (χ0v) is 13.1. The van der Waals surface area contributed by atoms with Gasteiger partial charge >= 0.3 is 0 Å². The van der Waals surface area contributed by atoms with Crippen molar-refractivity contribution in [1.82, 2.24) is 15.1 Å². The van der Waals surface area contributed by atoms with E-state index in [2.05, 4.69) is 23.5 Å². The van der Waals surface area contributed by atoms with Crippen molar-refractivity contribution >= 4 is 0 Å². The quantitative estimate of drug-likeness (QED) is 0.586. The second-order valence-corrected chi connectivity index (χ2v) is 5.38. The standard InChI is InChI=1S/C15H27N3O3/c1-13-14(11-16-15-3-4-15)12-18(17-13)5-6-20-9-10-21-8-7-19-2/h12,15-16H,3-11H2,1-2H3. The number of nitrogens with zero attached hydrogens (tertiary/aromatic N) is 2. The molecular formula is C15H27N3O3. The zero-order chi connectivity index (χ0) is 14.9. The van der Waals surface area contributed by atoms with Crippen molar-refractivity contribution in [2.45, 2.75) is 38.9 Å². The smallest absolute Gasteiger partial charge is 0.0701 e. The Hall–Kier alpha value is -0.950. The van der Waals surface area contributed by atoms with Gasteiger partial charge in [0.05, 0.1) is 45.3 Å². The Balaban J connectivity index is 1.54. The molecule has 1 aliphatic rings. The summed E-state index contributed by atoms with van der Waals surface area (Å²) in [6.07, 6.45) is 4.74. The number of hydrogen-bond donors (Lipinski definition) is 1. The summed E-state index contributed by atoms with van der Waals surface area (Å²) in [5, 5.41) is 8.03. The molecule has 0 amide bonds. The van der Waals surface area contributed by atoms with Gasteiger partial charge in [0, 0.05) is 31.5 Å². The molecule has 1 saturated carbocycles. The molecule has 0 bridgehead atoms. The number of methoxy groups -OCH3 is 1. The topological polar surface area (TPSA) is 57.5 Å². The van der Waals surface area contributed by atoms with E-state index in [1.54, 1.807) is 7.11 Å². The van der Waals surface area contributed by atoms with Gasteiger partial charge in [0.2, 0.25) is 0 Å². The van der Waals surface area contributed by atoms with Gasteiger partial charge in [0.1, 0.15) is 0 Å². The number of nitrogens with one attached hydrogen (secondary N) is 1. The van der Waals surface area contributed by atoms with E-state index in [1.807, 2.05) is 4.68 Å². The Morgan fingerprint density at radius 3 is 2.62 bits per heavy atom. The van der Waals surface area contributed by atoms with Gasteiger partial charge in [-0.25, -0.2) is 0 Å². The summed E-state index contributed by atoms with van der Waals surface area (Å²) in [6, 6.07) is 0.731. The fraction of sp³-hybridized carbons (Fsp3) is 0.800. The minimum absolute atomic E-state index is 0.609. The van der Waals surface area contributed by atoms with Crippen molar-refractivity contribution in [3.8, 4) is 0 Å². The minimum atomic E-state index is 0.609. The maximum atomic E-state index is 5.53. The van der Waals surface area contributed by atoms with Crippen molar-refractivity contribution in [3.05, 3.63) is 17.5 Å². The molecule has 0 saturated heterocycles. The molecule has 0 spiro atoms. The first-order valence-electron chi connectivity index (χ1n) is 7.70. The van der Waals surface area contributed by atoms with Gasteiger partial charge in [-0.1, -0.05) is 0 Å². The second kappa shape index (κ2) is 9.15. The van der Waals surface area contributed by atoms with Gasteiger partial charge in [-0.2, -0.15) is 5.10 Å². The summed E-state index contributed by atoms with van der Waals surface area (Å²) in [6.45, 7) is 6.89. The van der Waals surface area contributed by atoms with Crippen LogP contribution in [0.3, 0.4) is 0 Å². The molecule has 1 aliphatic carbocycles. The maximum absolute atomic E-state index is 5.53. The molecule has 6 heteroatoms. The monoisotopic (exact) mass is 297 g/mol. The lowest BCUT2D eigenvalue weighted by atomic mass is 10.2. The lowest BCUT2D eigenvalue weighted by Gasteiger charge is -2.05. The SMILES string of the molecule is COCCOCCOCCn1cc(CNC2CC2)c(C)n1. The number of aryl methyl sites for hydroxylation is 1. The van der Waals surface area contributed by atoms with E-state index in [1.165, 1.54) is 18.4 Å². The highest BCUT2D eigenvalue weighted by Crippen LogP contribution is 2.19. The van der Waals surface area contributed by atoms with Crippen LogP contribution in [0, 0.1) is 6.92 Å². The van der Waals surface area contributed by atoms with E-state index in [0.717, 1.165) is 24.8 Å². The van der Waals surface area contributed by atoms with Gasteiger partial charge in [0.25, 0.3) is 0 Å². The predicted octanol–water partition coefficient (Wildman–Crippen LogP) is 1.12. The molecule has 0 unspecified atom stereocenters. The molecule has 1 aromatic heterocycles. The molecule has 21 heavy (non-hydrogen) atoms. The first kappa shape index (κ1) is 16.4. The predicted molar refractivity (Wildman–Crippen MR) is 80.3 cm³/mol. The molecule has 2 rings (SSSR count). The van der Waals surface area contributed by atoms with E-state index < -0.39 is 0 Å². The van der Waals surface area contributed by atoms with E-state index in [9.17, 15) is 0 Å². The lowest BCUT2D eigenvalue weighted by Crippen LogP contribution is -2.15. The van der Waals surface area contributed by atoms with Gasteiger partial charge in [-0.3, -0.25) is 4.68 Å². The Morgan fingerprint density at radius 2 is 1.90 bits per heavy atom. The van der Waals surface area contributed by atoms with Crippen LogP contribution >= 0.6 is 0 Å². The first-order chi connectivity index (χ1) is 10.3. The number of aromatic nitrogens is 2. The summed E-state index contributed by atoms with van der Waals surface area (Å²) in [4.78, 5) is 0. The first-order valence-corrected chi connectivity index (χ1v) is 7.70. The molecule has 0 aromatic carbocycles. The Kier molecular flexibility index (Phi) is 7.15. The van der Waals surface area contributed by atoms with E-state index in [0.29, 0.717) is 33.0 Å². The third-order valence-electron chi connectivity index (χ3n) is 3.48. The number of rotatable bonds is 12. The molecule has 6 nitrogen and oxygen atoms in total. The highest BCUT2D eigenvalue weighted by molar-refractivity contribution is 5.15. The van der Waals surface area contributed by atoms with E-state index in [4.69, 9.17) is 14.2 Å². The average molecular weight is 297 g/mol.